The van der Waals surface area contributed by atoms with Crippen LogP contribution >= 0.6 is 0 Å². The smallest absolute Gasteiger partial charge is 0.272 e. The van der Waals surface area contributed by atoms with E-state index in [1.54, 1.807) is 0 Å². The molecule has 1 fully saturated rings. The molecule has 6 heteroatoms. The summed E-state index contributed by atoms with van der Waals surface area (Å²) in [5, 5.41) is 0.347. The standard InChI is InChI=1S/C5H6F3NO2.C2H6/c6-5(7,8)3-9-4(10)1-2-11-9;1-2/h1-3H2;1-2H3. The summed E-state index contributed by atoms with van der Waals surface area (Å²) in [5.74, 6) is -0.609. The molecule has 0 atom stereocenters. The Morgan fingerprint density at radius 2 is 2.00 bits per heavy atom. The molecule has 0 N–H and O–H groups in total. The Morgan fingerprint density at radius 1 is 1.46 bits per heavy atom. The van der Waals surface area contributed by atoms with Crippen molar-refractivity contribution in [3.8, 4) is 0 Å². The van der Waals surface area contributed by atoms with Gasteiger partial charge in [-0.25, -0.2) is 5.06 Å². The van der Waals surface area contributed by atoms with Crippen LogP contribution in [-0.2, 0) is 9.63 Å². The molecule has 0 aromatic heterocycles. The molecule has 0 bridgehead atoms. The van der Waals surface area contributed by atoms with E-state index in [1.165, 1.54) is 0 Å². The first-order valence-electron chi connectivity index (χ1n) is 3.99. The van der Waals surface area contributed by atoms with Gasteiger partial charge in [-0.05, 0) is 0 Å². The summed E-state index contributed by atoms with van der Waals surface area (Å²) >= 11 is 0. The molecule has 3 nitrogen and oxygen atoms in total. The van der Waals surface area contributed by atoms with Gasteiger partial charge in [-0.2, -0.15) is 13.2 Å². The van der Waals surface area contributed by atoms with E-state index in [1.807, 2.05) is 13.8 Å². The molecule has 1 aliphatic heterocycles. The lowest BCUT2D eigenvalue weighted by Crippen LogP contribution is -2.33. The van der Waals surface area contributed by atoms with Gasteiger partial charge in [-0.1, -0.05) is 13.8 Å². The zero-order valence-corrected chi connectivity index (χ0v) is 7.52. The molecule has 78 valence electrons. The van der Waals surface area contributed by atoms with Gasteiger partial charge in [0.25, 0.3) is 0 Å². The predicted octanol–water partition coefficient (Wildman–Crippen LogP) is 1.74. The van der Waals surface area contributed by atoms with Gasteiger partial charge in [-0.3, -0.25) is 9.63 Å². The van der Waals surface area contributed by atoms with E-state index in [0.717, 1.165) is 0 Å². The largest absolute Gasteiger partial charge is 0.408 e. The molecule has 0 unspecified atom stereocenters. The monoisotopic (exact) mass is 199 g/mol. The van der Waals surface area contributed by atoms with Crippen molar-refractivity contribution in [1.82, 2.24) is 5.06 Å². The fourth-order valence-corrected chi connectivity index (χ4v) is 0.736. The third kappa shape index (κ3) is 4.72. The van der Waals surface area contributed by atoms with Gasteiger partial charge in [0.2, 0.25) is 5.91 Å². The zero-order chi connectivity index (χ0) is 10.5. The second-order valence-electron chi connectivity index (χ2n) is 2.13. The summed E-state index contributed by atoms with van der Waals surface area (Å²) in [5.41, 5.74) is 0. The lowest BCUT2D eigenvalue weighted by molar-refractivity contribution is -0.214. The van der Waals surface area contributed by atoms with Crippen LogP contribution in [0.3, 0.4) is 0 Å². The second-order valence-corrected chi connectivity index (χ2v) is 2.13. The lowest BCUT2D eigenvalue weighted by atomic mass is 10.4. The van der Waals surface area contributed by atoms with Crippen molar-refractivity contribution in [3.63, 3.8) is 0 Å². The average molecular weight is 199 g/mol. The molecule has 1 saturated heterocycles. The predicted molar refractivity (Wildman–Crippen MR) is 39.7 cm³/mol. The van der Waals surface area contributed by atoms with Crippen molar-refractivity contribution < 1.29 is 22.8 Å². The van der Waals surface area contributed by atoms with Gasteiger partial charge in [-0.15, -0.1) is 0 Å². The summed E-state index contributed by atoms with van der Waals surface area (Å²) in [6.45, 7) is 2.74. The van der Waals surface area contributed by atoms with E-state index in [-0.39, 0.29) is 13.0 Å². The number of carbonyl (C=O) groups excluding carboxylic acids is 1. The number of rotatable bonds is 1. The Kier molecular flexibility index (Phi) is 4.76. The minimum Gasteiger partial charge on any atom is -0.272 e. The van der Waals surface area contributed by atoms with Crippen molar-refractivity contribution >= 4 is 5.91 Å². The molecule has 1 rings (SSSR count). The molecule has 0 aliphatic carbocycles. The van der Waals surface area contributed by atoms with E-state index in [2.05, 4.69) is 4.84 Å². The summed E-state index contributed by atoms with van der Waals surface area (Å²) in [4.78, 5) is 15.0. The van der Waals surface area contributed by atoms with E-state index < -0.39 is 18.6 Å². The number of halogens is 3. The van der Waals surface area contributed by atoms with Crippen molar-refractivity contribution in [2.75, 3.05) is 13.2 Å². The molecule has 0 spiro atoms. The topological polar surface area (TPSA) is 29.5 Å². The molecular formula is C7H12F3NO2. The highest BCUT2D eigenvalue weighted by Crippen LogP contribution is 2.19. The van der Waals surface area contributed by atoms with Crippen LogP contribution in [0.2, 0.25) is 0 Å². The summed E-state index contributed by atoms with van der Waals surface area (Å²) in [6.07, 6.45) is -4.34. The van der Waals surface area contributed by atoms with E-state index in [0.29, 0.717) is 5.06 Å². The number of carbonyl (C=O) groups is 1. The third-order valence-electron chi connectivity index (χ3n) is 1.16. The van der Waals surface area contributed by atoms with Crippen molar-refractivity contribution in [1.29, 1.82) is 0 Å². The molecule has 0 aromatic carbocycles. The van der Waals surface area contributed by atoms with Crippen LogP contribution < -0.4 is 0 Å². The van der Waals surface area contributed by atoms with Crippen LogP contribution in [0.1, 0.15) is 20.3 Å². The van der Waals surface area contributed by atoms with Crippen LogP contribution in [0, 0.1) is 0 Å². The Labute approximate surface area is 74.4 Å². The summed E-state index contributed by atoms with van der Waals surface area (Å²) < 4.78 is 34.8. The molecule has 0 radical (unpaired) electrons. The number of amides is 1. The molecule has 13 heavy (non-hydrogen) atoms. The third-order valence-corrected chi connectivity index (χ3v) is 1.16. The van der Waals surface area contributed by atoms with Gasteiger partial charge in [0.15, 0.2) is 0 Å². The molecule has 1 aliphatic rings. The van der Waals surface area contributed by atoms with Gasteiger partial charge in [0.05, 0.1) is 13.0 Å². The highest BCUT2D eigenvalue weighted by molar-refractivity contribution is 5.76. The molecule has 0 aromatic rings. The maximum atomic E-state index is 11.6. The van der Waals surface area contributed by atoms with Crippen LogP contribution in [0.4, 0.5) is 13.2 Å². The number of hydrogen-bond acceptors (Lipinski definition) is 2. The number of hydrogen-bond donors (Lipinski definition) is 0. The maximum absolute atomic E-state index is 11.6. The molecule has 1 heterocycles. The van der Waals surface area contributed by atoms with Crippen molar-refractivity contribution in [2.24, 2.45) is 0 Å². The minimum atomic E-state index is -4.38. The Morgan fingerprint density at radius 3 is 2.31 bits per heavy atom. The number of hydroxylamine groups is 2. The fourth-order valence-electron chi connectivity index (χ4n) is 0.736. The summed E-state index contributed by atoms with van der Waals surface area (Å²) in [6, 6.07) is 0. The molecule has 0 saturated carbocycles. The maximum Gasteiger partial charge on any atom is 0.408 e. The first kappa shape index (κ1) is 12.2. The Hall–Kier alpha value is -0.780. The highest BCUT2D eigenvalue weighted by atomic mass is 19.4. The van der Waals surface area contributed by atoms with Crippen LogP contribution in [0.5, 0.6) is 0 Å². The average Bonchev–Trinajstić information content (AvgIpc) is 2.38. The van der Waals surface area contributed by atoms with Gasteiger partial charge in [0.1, 0.15) is 6.54 Å². The van der Waals surface area contributed by atoms with Crippen LogP contribution in [0.25, 0.3) is 0 Å². The minimum absolute atomic E-state index is 0.0378. The summed E-state index contributed by atoms with van der Waals surface area (Å²) in [7, 11) is 0. The van der Waals surface area contributed by atoms with Crippen molar-refractivity contribution in [3.05, 3.63) is 0 Å². The molecular weight excluding hydrogens is 187 g/mol. The van der Waals surface area contributed by atoms with E-state index in [4.69, 9.17) is 0 Å². The number of nitrogens with zero attached hydrogens (tertiary/aromatic N) is 1. The van der Waals surface area contributed by atoms with Crippen LogP contribution in [0.15, 0.2) is 0 Å². The fraction of sp³-hybridized carbons (Fsp3) is 0.857. The van der Waals surface area contributed by atoms with Gasteiger partial charge < -0.3 is 0 Å². The second kappa shape index (κ2) is 5.06. The SMILES string of the molecule is CC.O=C1CCON1CC(F)(F)F. The van der Waals surface area contributed by atoms with Gasteiger partial charge >= 0.3 is 6.18 Å². The first-order valence-corrected chi connectivity index (χ1v) is 3.99. The Balaban J connectivity index is 0.000000671. The van der Waals surface area contributed by atoms with Crippen LogP contribution in [-0.4, -0.2) is 30.3 Å². The normalized spacial score (nSPS) is 17.0. The zero-order valence-electron chi connectivity index (χ0n) is 7.52. The Bertz CT molecular complexity index is 170. The van der Waals surface area contributed by atoms with Gasteiger partial charge in [0, 0.05) is 0 Å². The van der Waals surface area contributed by atoms with E-state index >= 15 is 0 Å². The quantitative estimate of drug-likeness (QED) is 0.643. The molecule has 1 amide bonds. The van der Waals surface area contributed by atoms with E-state index in [9.17, 15) is 18.0 Å². The van der Waals surface area contributed by atoms with Crippen molar-refractivity contribution in [2.45, 2.75) is 26.4 Å². The lowest BCUT2D eigenvalue weighted by Gasteiger charge is -2.15. The first-order chi connectivity index (χ1) is 5.99. The number of alkyl halides is 3. The highest BCUT2D eigenvalue weighted by Gasteiger charge is 2.35.